The van der Waals surface area contributed by atoms with Gasteiger partial charge in [-0.15, -0.1) is 0 Å². The Bertz CT molecular complexity index is 2420. The molecular formula is C42H35ClN2O4. The van der Waals surface area contributed by atoms with Gasteiger partial charge in [0.2, 0.25) is 0 Å². The number of hydrogen-bond acceptors (Lipinski definition) is 4. The number of nitrogens with zero attached hydrogens (tertiary/aromatic N) is 2. The molecule has 0 atom stereocenters. The summed E-state index contributed by atoms with van der Waals surface area (Å²) < 4.78 is 0. The van der Waals surface area contributed by atoms with Crippen LogP contribution in [-0.2, 0) is 0 Å². The van der Waals surface area contributed by atoms with E-state index in [-0.39, 0.29) is 29.3 Å². The van der Waals surface area contributed by atoms with Gasteiger partial charge >= 0.3 is 0 Å². The SMILES string of the molecule is CC.CC(C)c1cccc(C(C)C)c1N1C(=O)c2ccc3c4cccc5c(-c6ccc(Cl)cc6[N+](=O)[O-])ccc(c6ccc(c2c36)C1=O)c54. The van der Waals surface area contributed by atoms with Gasteiger partial charge in [-0.25, -0.2) is 4.90 Å². The van der Waals surface area contributed by atoms with Crippen LogP contribution < -0.4 is 4.90 Å². The van der Waals surface area contributed by atoms with E-state index >= 15 is 0 Å². The first-order valence-electron chi connectivity index (χ1n) is 16.7. The lowest BCUT2D eigenvalue weighted by Gasteiger charge is -2.32. The van der Waals surface area contributed by atoms with Crippen LogP contribution in [0.2, 0.25) is 5.02 Å². The quantitative estimate of drug-likeness (QED) is 0.0602. The lowest BCUT2D eigenvalue weighted by molar-refractivity contribution is -0.384. The van der Waals surface area contributed by atoms with Crippen LogP contribution in [-0.4, -0.2) is 16.7 Å². The highest BCUT2D eigenvalue weighted by atomic mass is 35.5. The van der Waals surface area contributed by atoms with Crippen LogP contribution in [0.15, 0.2) is 91.0 Å². The molecule has 0 bridgehead atoms. The van der Waals surface area contributed by atoms with E-state index in [0.29, 0.717) is 32.8 Å². The van der Waals surface area contributed by atoms with Crippen molar-refractivity contribution in [2.75, 3.05) is 4.90 Å². The summed E-state index contributed by atoms with van der Waals surface area (Å²) in [4.78, 5) is 42.0. The van der Waals surface area contributed by atoms with Crippen molar-refractivity contribution in [2.24, 2.45) is 0 Å². The van der Waals surface area contributed by atoms with Crippen LogP contribution in [0.5, 0.6) is 0 Å². The van der Waals surface area contributed by atoms with Crippen molar-refractivity contribution in [1.82, 2.24) is 0 Å². The van der Waals surface area contributed by atoms with Gasteiger partial charge < -0.3 is 0 Å². The zero-order valence-corrected chi connectivity index (χ0v) is 29.0. The molecule has 7 heteroatoms. The van der Waals surface area contributed by atoms with Crippen molar-refractivity contribution >= 4 is 77.9 Å². The van der Waals surface area contributed by atoms with Crippen LogP contribution in [0, 0.1) is 10.1 Å². The first kappa shape index (κ1) is 32.2. The lowest BCUT2D eigenvalue weighted by atomic mass is 9.83. The molecule has 49 heavy (non-hydrogen) atoms. The van der Waals surface area contributed by atoms with Crippen LogP contribution >= 0.6 is 11.6 Å². The zero-order valence-electron chi connectivity index (χ0n) is 28.2. The molecule has 0 aromatic heterocycles. The summed E-state index contributed by atoms with van der Waals surface area (Å²) in [6.07, 6.45) is 0. The minimum Gasteiger partial charge on any atom is -0.268 e. The third-order valence-corrected chi connectivity index (χ3v) is 9.90. The van der Waals surface area contributed by atoms with Crippen LogP contribution in [0.4, 0.5) is 11.4 Å². The predicted molar refractivity (Wildman–Crippen MR) is 202 cm³/mol. The number of amides is 2. The third kappa shape index (κ3) is 4.69. The summed E-state index contributed by atoms with van der Waals surface area (Å²) in [5.74, 6) is -0.430. The maximum absolute atomic E-state index is 14.5. The van der Waals surface area contributed by atoms with E-state index in [9.17, 15) is 19.7 Å². The van der Waals surface area contributed by atoms with Crippen LogP contribution in [0.1, 0.15) is 85.2 Å². The van der Waals surface area contributed by atoms with Gasteiger partial charge in [-0.05, 0) is 90.5 Å². The Morgan fingerprint density at radius 1 is 0.592 bits per heavy atom. The Morgan fingerprint density at radius 2 is 1.06 bits per heavy atom. The Labute approximate surface area is 289 Å². The summed E-state index contributed by atoms with van der Waals surface area (Å²) in [6.45, 7) is 12.3. The number of rotatable bonds is 5. The Kier molecular flexibility index (Phi) is 7.87. The Morgan fingerprint density at radius 3 is 1.61 bits per heavy atom. The van der Waals surface area contributed by atoms with E-state index in [2.05, 4.69) is 27.7 Å². The third-order valence-electron chi connectivity index (χ3n) is 9.66. The summed E-state index contributed by atoms with van der Waals surface area (Å²) >= 11 is 6.14. The standard InChI is InChI=1S/C40H29ClN2O4.C2H6/c1-20(2)23-7-5-8-24(21(3)4)38(23)42-39(44)32-17-15-30-28-10-6-9-27-25(26-12-11-22(41)19-34(26)43(46)47)13-14-29(35(27)28)31-16-18-33(40(42)45)37(32)36(30)31;1-2/h5-21H,1-4H3;1-2H3. The predicted octanol–water partition coefficient (Wildman–Crippen LogP) is 12.0. The summed E-state index contributed by atoms with van der Waals surface area (Å²) in [7, 11) is 0. The van der Waals surface area contributed by atoms with Crippen molar-refractivity contribution < 1.29 is 14.5 Å². The highest BCUT2D eigenvalue weighted by Gasteiger charge is 2.38. The maximum Gasteiger partial charge on any atom is 0.278 e. The molecule has 0 fully saturated rings. The molecule has 1 aliphatic heterocycles. The highest BCUT2D eigenvalue weighted by molar-refractivity contribution is 6.42. The van der Waals surface area contributed by atoms with Crippen molar-refractivity contribution in [2.45, 2.75) is 53.4 Å². The molecule has 6 nitrogen and oxygen atoms in total. The Balaban J connectivity index is 0.00000186. The molecule has 244 valence electrons. The summed E-state index contributed by atoms with van der Waals surface area (Å²) in [5.41, 5.74) is 4.76. The number of halogens is 1. The fourth-order valence-electron chi connectivity index (χ4n) is 7.58. The fraction of sp³-hybridized carbons (Fsp3) is 0.190. The van der Waals surface area contributed by atoms with E-state index in [4.69, 9.17) is 11.6 Å². The smallest absolute Gasteiger partial charge is 0.268 e. The summed E-state index contributed by atoms with van der Waals surface area (Å²) in [5, 5.41) is 19.4. The first-order valence-corrected chi connectivity index (χ1v) is 17.1. The molecular weight excluding hydrogens is 632 g/mol. The molecule has 0 saturated carbocycles. The summed E-state index contributed by atoms with van der Waals surface area (Å²) in [6, 6.07) is 28.2. The minimum absolute atomic E-state index is 0.0609. The largest absolute Gasteiger partial charge is 0.278 e. The van der Waals surface area contributed by atoms with Gasteiger partial charge in [0.15, 0.2) is 0 Å². The van der Waals surface area contributed by atoms with Crippen LogP contribution in [0.3, 0.4) is 0 Å². The second-order valence-corrected chi connectivity index (χ2v) is 13.4. The second-order valence-electron chi connectivity index (χ2n) is 12.9. The number of carbonyl (C=O) groups excluding carboxylic acids is 2. The van der Waals surface area contributed by atoms with Gasteiger partial charge in [-0.2, -0.15) is 0 Å². The van der Waals surface area contributed by atoms with E-state index < -0.39 is 4.92 Å². The normalized spacial score (nSPS) is 13.0. The number of para-hydroxylation sites is 1. The molecule has 1 heterocycles. The molecule has 0 unspecified atom stereocenters. The molecule has 7 aromatic rings. The minimum atomic E-state index is -0.408. The number of fused-ring (bicyclic) bond motifs is 2. The van der Waals surface area contributed by atoms with Gasteiger partial charge in [0.25, 0.3) is 17.5 Å². The van der Waals surface area contributed by atoms with Gasteiger partial charge in [-0.1, -0.05) is 114 Å². The van der Waals surface area contributed by atoms with Crippen molar-refractivity contribution in [3.8, 4) is 11.1 Å². The molecule has 7 aromatic carbocycles. The van der Waals surface area contributed by atoms with E-state index in [1.54, 1.807) is 12.1 Å². The monoisotopic (exact) mass is 666 g/mol. The van der Waals surface area contributed by atoms with Crippen molar-refractivity contribution in [1.29, 1.82) is 0 Å². The lowest BCUT2D eigenvalue weighted by Crippen LogP contribution is -2.41. The molecule has 0 radical (unpaired) electrons. The zero-order chi connectivity index (χ0) is 34.9. The molecule has 0 spiro atoms. The number of nitro groups is 1. The average Bonchev–Trinajstić information content (AvgIpc) is 3.10. The molecule has 0 aliphatic carbocycles. The molecule has 2 amide bonds. The Hall–Kier alpha value is -5.33. The number of nitro benzene ring substituents is 1. The molecule has 0 saturated heterocycles. The number of hydrogen-bond donors (Lipinski definition) is 0. The number of carbonyl (C=O) groups is 2. The van der Waals surface area contributed by atoms with E-state index in [1.807, 2.05) is 86.6 Å². The number of anilines is 1. The van der Waals surface area contributed by atoms with Gasteiger partial charge in [0, 0.05) is 27.6 Å². The number of benzene rings is 7. The maximum atomic E-state index is 14.5. The highest BCUT2D eigenvalue weighted by Crippen LogP contribution is 2.48. The van der Waals surface area contributed by atoms with E-state index in [0.717, 1.165) is 54.4 Å². The van der Waals surface area contributed by atoms with Crippen molar-refractivity contribution in [3.05, 3.63) is 128 Å². The average molecular weight is 667 g/mol. The topological polar surface area (TPSA) is 80.5 Å². The van der Waals surface area contributed by atoms with E-state index in [1.165, 1.54) is 11.0 Å². The van der Waals surface area contributed by atoms with Crippen LogP contribution in [0.25, 0.3) is 54.2 Å². The number of imide groups is 1. The van der Waals surface area contributed by atoms with Gasteiger partial charge in [-0.3, -0.25) is 19.7 Å². The van der Waals surface area contributed by atoms with Gasteiger partial charge in [0.05, 0.1) is 16.2 Å². The second kappa shape index (κ2) is 12.0. The fourth-order valence-corrected chi connectivity index (χ4v) is 7.75. The first-order chi connectivity index (χ1) is 23.6. The molecule has 0 N–H and O–H groups in total. The molecule has 1 aliphatic rings. The van der Waals surface area contributed by atoms with Gasteiger partial charge in [0.1, 0.15) is 0 Å². The van der Waals surface area contributed by atoms with Crippen molar-refractivity contribution in [3.63, 3.8) is 0 Å². The molecule has 8 rings (SSSR count).